The SMILES string of the molecule is Cc1nnc(-c2ccc(Cl)cc2C)nn1. The van der Waals surface area contributed by atoms with Crippen molar-refractivity contribution in [3.05, 3.63) is 34.6 Å². The van der Waals surface area contributed by atoms with Gasteiger partial charge in [0, 0.05) is 10.6 Å². The second kappa shape index (κ2) is 3.90. The number of rotatable bonds is 1. The van der Waals surface area contributed by atoms with Gasteiger partial charge in [0.05, 0.1) is 0 Å². The zero-order valence-corrected chi connectivity index (χ0v) is 9.15. The molecule has 0 aliphatic heterocycles. The van der Waals surface area contributed by atoms with Gasteiger partial charge in [-0.3, -0.25) is 0 Å². The van der Waals surface area contributed by atoms with Gasteiger partial charge in [-0.25, -0.2) is 0 Å². The molecule has 1 aromatic heterocycles. The number of aromatic nitrogens is 4. The quantitative estimate of drug-likeness (QED) is 0.740. The average molecular weight is 221 g/mol. The molecular weight excluding hydrogens is 212 g/mol. The molecule has 2 aromatic rings. The van der Waals surface area contributed by atoms with Crippen LogP contribution in [0.25, 0.3) is 11.4 Å². The minimum atomic E-state index is 0.523. The van der Waals surface area contributed by atoms with E-state index in [1.165, 1.54) is 0 Å². The van der Waals surface area contributed by atoms with Crippen molar-refractivity contribution < 1.29 is 0 Å². The molecule has 1 aromatic carbocycles. The third kappa shape index (κ3) is 2.10. The summed E-state index contributed by atoms with van der Waals surface area (Å²) in [5.41, 5.74) is 1.91. The highest BCUT2D eigenvalue weighted by Gasteiger charge is 2.06. The lowest BCUT2D eigenvalue weighted by Crippen LogP contribution is -1.99. The van der Waals surface area contributed by atoms with Crippen LogP contribution in [0, 0.1) is 13.8 Å². The molecule has 0 radical (unpaired) electrons. The Balaban J connectivity index is 2.49. The van der Waals surface area contributed by atoms with Crippen LogP contribution in [0.2, 0.25) is 5.02 Å². The first-order chi connectivity index (χ1) is 7.16. The van der Waals surface area contributed by atoms with Crippen molar-refractivity contribution >= 4 is 11.6 Å². The predicted molar refractivity (Wildman–Crippen MR) is 57.5 cm³/mol. The molecule has 76 valence electrons. The minimum Gasteiger partial charge on any atom is -0.131 e. The van der Waals surface area contributed by atoms with E-state index in [9.17, 15) is 0 Å². The molecule has 0 bridgehead atoms. The molecule has 5 heteroatoms. The fraction of sp³-hybridized carbons (Fsp3) is 0.200. The van der Waals surface area contributed by atoms with Crippen molar-refractivity contribution in [3.63, 3.8) is 0 Å². The average Bonchev–Trinajstić information content (AvgIpc) is 2.20. The third-order valence-corrected chi connectivity index (χ3v) is 2.24. The molecule has 0 aliphatic rings. The van der Waals surface area contributed by atoms with Gasteiger partial charge in [0.2, 0.25) is 5.82 Å². The van der Waals surface area contributed by atoms with E-state index in [0.29, 0.717) is 16.7 Å². The Hall–Kier alpha value is -1.55. The first kappa shape index (κ1) is 9.98. The minimum absolute atomic E-state index is 0.523. The largest absolute Gasteiger partial charge is 0.203 e. The maximum absolute atomic E-state index is 5.86. The highest BCUT2D eigenvalue weighted by Crippen LogP contribution is 2.21. The Morgan fingerprint density at radius 2 is 1.67 bits per heavy atom. The first-order valence-corrected chi connectivity index (χ1v) is 4.85. The molecular formula is C10H9ClN4. The van der Waals surface area contributed by atoms with Crippen LogP contribution in [0.5, 0.6) is 0 Å². The number of hydrogen-bond acceptors (Lipinski definition) is 4. The van der Waals surface area contributed by atoms with Gasteiger partial charge in [-0.15, -0.1) is 20.4 Å². The van der Waals surface area contributed by atoms with Gasteiger partial charge in [0.25, 0.3) is 0 Å². The summed E-state index contributed by atoms with van der Waals surface area (Å²) in [7, 11) is 0. The molecule has 15 heavy (non-hydrogen) atoms. The lowest BCUT2D eigenvalue weighted by molar-refractivity contribution is 0.815. The number of halogens is 1. The van der Waals surface area contributed by atoms with Crippen molar-refractivity contribution in [2.24, 2.45) is 0 Å². The van der Waals surface area contributed by atoms with Gasteiger partial charge >= 0.3 is 0 Å². The number of benzene rings is 1. The monoisotopic (exact) mass is 220 g/mol. The summed E-state index contributed by atoms with van der Waals surface area (Å²) < 4.78 is 0. The van der Waals surface area contributed by atoms with Gasteiger partial charge in [-0.2, -0.15) is 0 Å². The summed E-state index contributed by atoms with van der Waals surface area (Å²) in [6, 6.07) is 5.53. The predicted octanol–water partition coefficient (Wildman–Crippen LogP) is 2.20. The maximum atomic E-state index is 5.86. The summed E-state index contributed by atoms with van der Waals surface area (Å²) in [6.07, 6.45) is 0. The van der Waals surface area contributed by atoms with Gasteiger partial charge in [0.15, 0.2) is 5.82 Å². The Kier molecular flexibility index (Phi) is 2.60. The van der Waals surface area contributed by atoms with Gasteiger partial charge < -0.3 is 0 Å². The van der Waals surface area contributed by atoms with Crippen molar-refractivity contribution in [1.29, 1.82) is 0 Å². The van der Waals surface area contributed by atoms with E-state index in [4.69, 9.17) is 11.6 Å². The molecule has 0 amide bonds. The van der Waals surface area contributed by atoms with E-state index in [1.54, 1.807) is 13.0 Å². The third-order valence-electron chi connectivity index (χ3n) is 2.01. The highest BCUT2D eigenvalue weighted by molar-refractivity contribution is 6.30. The molecule has 0 spiro atoms. The fourth-order valence-corrected chi connectivity index (χ4v) is 1.49. The smallest absolute Gasteiger partial charge is 0.131 e. The van der Waals surface area contributed by atoms with Gasteiger partial charge in [-0.1, -0.05) is 11.6 Å². The Morgan fingerprint density at radius 3 is 2.27 bits per heavy atom. The summed E-state index contributed by atoms with van der Waals surface area (Å²) >= 11 is 5.86. The standard InChI is InChI=1S/C10H9ClN4/c1-6-5-8(11)3-4-9(6)10-14-12-7(2)13-15-10/h3-5H,1-2H3. The van der Waals surface area contributed by atoms with Crippen LogP contribution in [0.4, 0.5) is 0 Å². The van der Waals surface area contributed by atoms with Crippen LogP contribution in [0.1, 0.15) is 11.4 Å². The molecule has 0 atom stereocenters. The molecule has 0 fully saturated rings. The molecule has 0 N–H and O–H groups in total. The second-order valence-electron chi connectivity index (χ2n) is 3.23. The van der Waals surface area contributed by atoms with Crippen molar-refractivity contribution in [1.82, 2.24) is 20.4 Å². The first-order valence-electron chi connectivity index (χ1n) is 4.47. The van der Waals surface area contributed by atoms with Crippen LogP contribution in [-0.4, -0.2) is 20.4 Å². The normalized spacial score (nSPS) is 10.3. The summed E-state index contributed by atoms with van der Waals surface area (Å²) in [5.74, 6) is 1.08. The fourth-order valence-electron chi connectivity index (χ4n) is 1.27. The molecule has 4 nitrogen and oxygen atoms in total. The van der Waals surface area contributed by atoms with E-state index in [-0.39, 0.29) is 0 Å². The number of aryl methyl sites for hydroxylation is 2. The van der Waals surface area contributed by atoms with Crippen LogP contribution < -0.4 is 0 Å². The maximum Gasteiger partial charge on any atom is 0.203 e. The van der Waals surface area contributed by atoms with E-state index < -0.39 is 0 Å². The van der Waals surface area contributed by atoms with Crippen LogP contribution >= 0.6 is 11.6 Å². The van der Waals surface area contributed by atoms with Gasteiger partial charge in [-0.05, 0) is 37.6 Å². The van der Waals surface area contributed by atoms with E-state index in [2.05, 4.69) is 20.4 Å². The van der Waals surface area contributed by atoms with Crippen LogP contribution in [0.3, 0.4) is 0 Å². The van der Waals surface area contributed by atoms with Crippen molar-refractivity contribution in [2.75, 3.05) is 0 Å². The molecule has 0 saturated heterocycles. The second-order valence-corrected chi connectivity index (χ2v) is 3.67. The number of nitrogens with zero attached hydrogens (tertiary/aromatic N) is 4. The van der Waals surface area contributed by atoms with Crippen molar-refractivity contribution in [3.8, 4) is 11.4 Å². The lowest BCUT2D eigenvalue weighted by Gasteiger charge is -2.02. The van der Waals surface area contributed by atoms with Crippen LogP contribution in [-0.2, 0) is 0 Å². The Morgan fingerprint density at radius 1 is 1.00 bits per heavy atom. The van der Waals surface area contributed by atoms with E-state index >= 15 is 0 Å². The molecule has 0 aliphatic carbocycles. The Bertz CT molecular complexity index is 481. The van der Waals surface area contributed by atoms with E-state index in [1.807, 2.05) is 19.1 Å². The van der Waals surface area contributed by atoms with Crippen molar-refractivity contribution in [2.45, 2.75) is 13.8 Å². The summed E-state index contributed by atoms with van der Waals surface area (Å²) in [5, 5.41) is 16.4. The summed E-state index contributed by atoms with van der Waals surface area (Å²) in [4.78, 5) is 0. The number of hydrogen-bond donors (Lipinski definition) is 0. The zero-order valence-electron chi connectivity index (χ0n) is 8.40. The summed E-state index contributed by atoms with van der Waals surface area (Å²) in [6.45, 7) is 3.70. The molecule has 2 rings (SSSR count). The molecule has 1 heterocycles. The highest BCUT2D eigenvalue weighted by atomic mass is 35.5. The lowest BCUT2D eigenvalue weighted by atomic mass is 10.1. The molecule has 0 unspecified atom stereocenters. The van der Waals surface area contributed by atoms with Gasteiger partial charge in [0.1, 0.15) is 0 Å². The van der Waals surface area contributed by atoms with E-state index in [0.717, 1.165) is 11.1 Å². The van der Waals surface area contributed by atoms with Crippen LogP contribution in [0.15, 0.2) is 18.2 Å². The Labute approximate surface area is 92.3 Å². The molecule has 0 saturated carbocycles. The topological polar surface area (TPSA) is 51.6 Å². The zero-order chi connectivity index (χ0) is 10.8.